The molecule has 0 aliphatic rings. The molecule has 0 spiro atoms. The van der Waals surface area contributed by atoms with Crippen LogP contribution in [0.4, 0.5) is 5.82 Å². The first-order valence-electron chi connectivity index (χ1n) is 5.91. The predicted molar refractivity (Wildman–Crippen MR) is 74.9 cm³/mol. The summed E-state index contributed by atoms with van der Waals surface area (Å²) >= 11 is 0. The first-order valence-corrected chi connectivity index (χ1v) is 5.91. The fourth-order valence-corrected chi connectivity index (χ4v) is 1.79. The Bertz CT molecular complexity index is 596. The first kappa shape index (κ1) is 12.3. The van der Waals surface area contributed by atoms with E-state index in [2.05, 4.69) is 22.1 Å². The van der Waals surface area contributed by atoms with Crippen LogP contribution in [0.3, 0.4) is 0 Å². The molecule has 18 heavy (non-hydrogen) atoms. The third kappa shape index (κ3) is 2.72. The molecule has 1 N–H and O–H groups in total. The number of fused-ring (bicyclic) bond motifs is 1. The van der Waals surface area contributed by atoms with E-state index in [1.165, 1.54) is 0 Å². The number of nitrogens with one attached hydrogen (secondary N) is 1. The molecule has 3 heteroatoms. The van der Waals surface area contributed by atoms with Gasteiger partial charge in [0.2, 0.25) is 0 Å². The number of hydrogen-bond donors (Lipinski definition) is 1. The fraction of sp³-hybridized carbons (Fsp3) is 0.267. The second-order valence-corrected chi connectivity index (χ2v) is 3.85. The van der Waals surface area contributed by atoms with E-state index in [0.717, 1.165) is 35.3 Å². The van der Waals surface area contributed by atoms with Crippen LogP contribution in [0.15, 0.2) is 30.5 Å². The molecule has 0 unspecified atom stereocenters. The van der Waals surface area contributed by atoms with Crippen molar-refractivity contribution in [1.82, 2.24) is 4.98 Å². The Morgan fingerprint density at radius 1 is 1.33 bits per heavy atom. The Morgan fingerprint density at radius 3 is 3.00 bits per heavy atom. The number of rotatable bonds is 4. The number of anilines is 1. The van der Waals surface area contributed by atoms with Crippen molar-refractivity contribution < 1.29 is 4.74 Å². The second kappa shape index (κ2) is 5.92. The molecule has 0 fully saturated rings. The summed E-state index contributed by atoms with van der Waals surface area (Å²) < 4.78 is 5.22. The Labute approximate surface area is 107 Å². The van der Waals surface area contributed by atoms with E-state index in [4.69, 9.17) is 4.74 Å². The van der Waals surface area contributed by atoms with Gasteiger partial charge in [0.15, 0.2) is 0 Å². The number of methoxy groups -OCH3 is 1. The quantitative estimate of drug-likeness (QED) is 0.658. The Hall–Kier alpha value is -2.21. The van der Waals surface area contributed by atoms with Crippen molar-refractivity contribution in [3.05, 3.63) is 30.5 Å². The molecule has 1 aromatic carbocycles. The molecule has 0 saturated carbocycles. The number of nitrogens with zero attached hydrogens (tertiary/aromatic N) is 1. The third-order valence-corrected chi connectivity index (χ3v) is 2.69. The molecule has 0 aliphatic carbocycles. The van der Waals surface area contributed by atoms with Gasteiger partial charge in [-0.1, -0.05) is 0 Å². The minimum atomic E-state index is 0.805. The molecule has 2 aromatic rings. The van der Waals surface area contributed by atoms with Crippen LogP contribution in [0, 0.1) is 11.8 Å². The molecule has 0 atom stereocenters. The predicted octanol–water partition coefficient (Wildman–Crippen LogP) is 3.07. The van der Waals surface area contributed by atoms with Gasteiger partial charge < -0.3 is 10.1 Å². The van der Waals surface area contributed by atoms with Crippen LogP contribution in [0.25, 0.3) is 10.8 Å². The lowest BCUT2D eigenvalue weighted by molar-refractivity contribution is 0.415. The van der Waals surface area contributed by atoms with Crippen molar-refractivity contribution in [3.63, 3.8) is 0 Å². The highest BCUT2D eigenvalue weighted by Crippen LogP contribution is 2.25. The van der Waals surface area contributed by atoms with Crippen LogP contribution >= 0.6 is 0 Å². The van der Waals surface area contributed by atoms with E-state index in [1.807, 2.05) is 31.2 Å². The van der Waals surface area contributed by atoms with Crippen LogP contribution in [-0.2, 0) is 0 Å². The summed E-state index contributed by atoms with van der Waals surface area (Å²) in [5, 5.41) is 5.52. The van der Waals surface area contributed by atoms with Crippen LogP contribution in [0.2, 0.25) is 0 Å². The molecule has 92 valence electrons. The van der Waals surface area contributed by atoms with E-state index < -0.39 is 0 Å². The zero-order valence-corrected chi connectivity index (χ0v) is 10.7. The summed E-state index contributed by atoms with van der Waals surface area (Å²) in [7, 11) is 1.67. The maximum absolute atomic E-state index is 5.22. The van der Waals surface area contributed by atoms with Crippen molar-refractivity contribution in [1.29, 1.82) is 0 Å². The zero-order valence-electron chi connectivity index (χ0n) is 10.7. The molecule has 0 saturated heterocycles. The number of hydrogen-bond acceptors (Lipinski definition) is 3. The van der Waals surface area contributed by atoms with Crippen molar-refractivity contribution in [2.24, 2.45) is 0 Å². The van der Waals surface area contributed by atoms with Gasteiger partial charge in [-0.3, -0.25) is 0 Å². The summed E-state index contributed by atoms with van der Waals surface area (Å²) in [4.78, 5) is 4.36. The SMILES string of the molecule is CC#CCCNc1nccc2cc(OC)ccc12. The first-order chi connectivity index (χ1) is 8.85. The average Bonchev–Trinajstić information content (AvgIpc) is 2.43. The Kier molecular flexibility index (Phi) is 4.03. The number of ether oxygens (including phenoxy) is 1. The molecular weight excluding hydrogens is 224 g/mol. The summed E-state index contributed by atoms with van der Waals surface area (Å²) in [5.41, 5.74) is 0. The second-order valence-electron chi connectivity index (χ2n) is 3.85. The summed E-state index contributed by atoms with van der Waals surface area (Å²) in [6.45, 7) is 2.65. The topological polar surface area (TPSA) is 34.2 Å². The maximum Gasteiger partial charge on any atom is 0.133 e. The minimum Gasteiger partial charge on any atom is -0.497 e. The fourth-order valence-electron chi connectivity index (χ4n) is 1.79. The van der Waals surface area contributed by atoms with Gasteiger partial charge in [-0.25, -0.2) is 4.98 Å². The Morgan fingerprint density at radius 2 is 2.22 bits per heavy atom. The van der Waals surface area contributed by atoms with Gasteiger partial charge in [0, 0.05) is 24.5 Å². The molecule has 2 rings (SSSR count). The highest BCUT2D eigenvalue weighted by Gasteiger charge is 2.02. The summed E-state index contributed by atoms with van der Waals surface area (Å²) in [6.07, 6.45) is 2.63. The van der Waals surface area contributed by atoms with Gasteiger partial charge in [-0.05, 0) is 36.6 Å². The largest absolute Gasteiger partial charge is 0.497 e. The number of benzene rings is 1. The molecule has 1 heterocycles. The van der Waals surface area contributed by atoms with Gasteiger partial charge in [0.05, 0.1) is 7.11 Å². The zero-order chi connectivity index (χ0) is 12.8. The van der Waals surface area contributed by atoms with Crippen LogP contribution < -0.4 is 10.1 Å². The molecule has 0 radical (unpaired) electrons. The normalized spacial score (nSPS) is 9.67. The van der Waals surface area contributed by atoms with Crippen LogP contribution in [-0.4, -0.2) is 18.6 Å². The lowest BCUT2D eigenvalue weighted by atomic mass is 10.1. The van der Waals surface area contributed by atoms with Gasteiger partial charge in [0.1, 0.15) is 11.6 Å². The molecule has 0 amide bonds. The van der Waals surface area contributed by atoms with Crippen molar-refractivity contribution in [3.8, 4) is 17.6 Å². The van der Waals surface area contributed by atoms with Crippen LogP contribution in [0.5, 0.6) is 5.75 Å². The third-order valence-electron chi connectivity index (χ3n) is 2.69. The van der Waals surface area contributed by atoms with Gasteiger partial charge in [-0.15, -0.1) is 11.8 Å². The summed E-state index contributed by atoms with van der Waals surface area (Å²) in [6, 6.07) is 7.96. The molecule has 1 aromatic heterocycles. The highest BCUT2D eigenvalue weighted by molar-refractivity contribution is 5.92. The number of aromatic nitrogens is 1. The van der Waals surface area contributed by atoms with Gasteiger partial charge in [-0.2, -0.15) is 0 Å². The Balaban J connectivity index is 2.24. The molecule has 0 aliphatic heterocycles. The van der Waals surface area contributed by atoms with E-state index in [9.17, 15) is 0 Å². The van der Waals surface area contributed by atoms with E-state index in [1.54, 1.807) is 13.3 Å². The highest BCUT2D eigenvalue weighted by atomic mass is 16.5. The van der Waals surface area contributed by atoms with Crippen molar-refractivity contribution in [2.75, 3.05) is 19.0 Å². The summed E-state index contributed by atoms with van der Waals surface area (Å²) in [5.74, 6) is 7.66. The average molecular weight is 240 g/mol. The van der Waals surface area contributed by atoms with E-state index in [0.29, 0.717) is 0 Å². The lowest BCUT2D eigenvalue weighted by Gasteiger charge is -2.08. The molecular formula is C15H16N2O. The van der Waals surface area contributed by atoms with Crippen LogP contribution in [0.1, 0.15) is 13.3 Å². The minimum absolute atomic E-state index is 0.805. The van der Waals surface area contributed by atoms with E-state index >= 15 is 0 Å². The lowest BCUT2D eigenvalue weighted by Crippen LogP contribution is -2.02. The van der Waals surface area contributed by atoms with E-state index in [-0.39, 0.29) is 0 Å². The standard InChI is InChI=1S/C15H16N2O/c1-3-4-5-9-16-15-14-7-6-13(18-2)11-12(14)8-10-17-15/h6-8,10-11H,5,9H2,1-2H3,(H,16,17). The van der Waals surface area contributed by atoms with Gasteiger partial charge in [0.25, 0.3) is 0 Å². The monoisotopic (exact) mass is 240 g/mol. The van der Waals surface area contributed by atoms with Crippen molar-refractivity contribution in [2.45, 2.75) is 13.3 Å². The number of pyridine rings is 1. The molecule has 0 bridgehead atoms. The smallest absolute Gasteiger partial charge is 0.133 e. The maximum atomic E-state index is 5.22. The van der Waals surface area contributed by atoms with Gasteiger partial charge >= 0.3 is 0 Å². The molecule has 3 nitrogen and oxygen atoms in total. The van der Waals surface area contributed by atoms with Crippen molar-refractivity contribution >= 4 is 16.6 Å².